The van der Waals surface area contributed by atoms with Crippen LogP contribution in [0.4, 0.5) is 4.79 Å². The first-order valence-electron chi connectivity index (χ1n) is 5.85. The lowest BCUT2D eigenvalue weighted by Gasteiger charge is -2.14. The van der Waals surface area contributed by atoms with Gasteiger partial charge in [0.2, 0.25) is 0 Å². The summed E-state index contributed by atoms with van der Waals surface area (Å²) in [6.45, 7) is 0.141. The molecule has 20 heavy (non-hydrogen) atoms. The summed E-state index contributed by atoms with van der Waals surface area (Å²) >= 11 is 0. The molecule has 9 heteroatoms. The molecule has 0 aliphatic carbocycles. The summed E-state index contributed by atoms with van der Waals surface area (Å²) in [5.41, 5.74) is 0. The largest absolute Gasteiger partial charge is 0.480 e. The maximum absolute atomic E-state index is 11.5. The molecule has 0 fully saturated rings. The Hall–Kier alpha value is -2.58. The van der Waals surface area contributed by atoms with E-state index in [1.54, 1.807) is 6.20 Å². The van der Waals surface area contributed by atoms with Crippen LogP contribution in [0.1, 0.15) is 18.7 Å². The van der Waals surface area contributed by atoms with E-state index in [1.807, 2.05) is 0 Å². The summed E-state index contributed by atoms with van der Waals surface area (Å²) in [6, 6.07) is -1.82. The van der Waals surface area contributed by atoms with Crippen molar-refractivity contribution < 1.29 is 24.2 Å². The number of urea groups is 1. The third-order valence-electron chi connectivity index (χ3n) is 2.44. The second-order valence-electron chi connectivity index (χ2n) is 3.87. The van der Waals surface area contributed by atoms with E-state index >= 15 is 0 Å². The lowest BCUT2D eigenvalue weighted by molar-refractivity contribution is -0.142. The fraction of sp³-hybridized carbons (Fsp3) is 0.455. The van der Waals surface area contributed by atoms with Gasteiger partial charge in [0.1, 0.15) is 11.9 Å². The number of methoxy groups -OCH3 is 1. The molecule has 1 heterocycles. The van der Waals surface area contributed by atoms with E-state index in [0.29, 0.717) is 5.82 Å². The molecule has 4 N–H and O–H groups in total. The van der Waals surface area contributed by atoms with E-state index < -0.39 is 24.0 Å². The number of carbonyl (C=O) groups is 3. The third kappa shape index (κ3) is 5.38. The topological polar surface area (TPSA) is 133 Å². The van der Waals surface area contributed by atoms with Gasteiger partial charge in [-0.3, -0.25) is 4.79 Å². The Labute approximate surface area is 114 Å². The van der Waals surface area contributed by atoms with E-state index in [-0.39, 0.29) is 19.4 Å². The zero-order chi connectivity index (χ0) is 15.0. The molecular formula is C11H16N4O5. The van der Waals surface area contributed by atoms with Crippen LogP contribution in [0.3, 0.4) is 0 Å². The van der Waals surface area contributed by atoms with Crippen LogP contribution in [-0.2, 0) is 20.9 Å². The molecule has 0 spiro atoms. The number of hydrogen-bond acceptors (Lipinski definition) is 5. The van der Waals surface area contributed by atoms with Crippen molar-refractivity contribution >= 4 is 18.0 Å². The number of ether oxygens (including phenoxy) is 1. The van der Waals surface area contributed by atoms with Crippen LogP contribution in [0, 0.1) is 0 Å². The molecule has 1 aromatic heterocycles. The van der Waals surface area contributed by atoms with Gasteiger partial charge in [0.15, 0.2) is 0 Å². The van der Waals surface area contributed by atoms with Crippen molar-refractivity contribution in [2.24, 2.45) is 0 Å². The van der Waals surface area contributed by atoms with E-state index in [0.717, 1.165) is 0 Å². The van der Waals surface area contributed by atoms with Gasteiger partial charge in [-0.15, -0.1) is 0 Å². The molecule has 110 valence electrons. The van der Waals surface area contributed by atoms with E-state index in [4.69, 9.17) is 5.11 Å². The van der Waals surface area contributed by atoms with Crippen molar-refractivity contribution in [3.05, 3.63) is 18.2 Å². The fourth-order valence-electron chi connectivity index (χ4n) is 1.39. The SMILES string of the molecule is COC(=O)CC[C@@H](NC(=O)NCc1ncc[nH]1)C(=O)O. The van der Waals surface area contributed by atoms with Gasteiger partial charge < -0.3 is 25.5 Å². The summed E-state index contributed by atoms with van der Waals surface area (Å²) in [6.07, 6.45) is 3.00. The highest BCUT2D eigenvalue weighted by Gasteiger charge is 2.21. The number of aliphatic carboxylic acids is 1. The van der Waals surface area contributed by atoms with Crippen molar-refractivity contribution in [2.75, 3.05) is 7.11 Å². The number of aromatic nitrogens is 2. The number of amides is 2. The molecule has 0 aliphatic heterocycles. The number of esters is 1. The molecule has 1 atom stereocenters. The lowest BCUT2D eigenvalue weighted by Crippen LogP contribution is -2.46. The molecule has 0 aliphatic rings. The van der Waals surface area contributed by atoms with Crippen LogP contribution >= 0.6 is 0 Å². The molecule has 0 aromatic carbocycles. The summed E-state index contributed by atoms with van der Waals surface area (Å²) in [5, 5.41) is 13.7. The Bertz CT molecular complexity index is 459. The third-order valence-corrected chi connectivity index (χ3v) is 2.44. The maximum Gasteiger partial charge on any atom is 0.326 e. The molecule has 0 unspecified atom stereocenters. The van der Waals surface area contributed by atoms with Gasteiger partial charge in [0, 0.05) is 18.8 Å². The molecule has 1 aromatic rings. The Morgan fingerprint density at radius 3 is 2.80 bits per heavy atom. The van der Waals surface area contributed by atoms with Crippen molar-refractivity contribution in [2.45, 2.75) is 25.4 Å². The number of nitrogens with zero attached hydrogens (tertiary/aromatic N) is 1. The zero-order valence-electron chi connectivity index (χ0n) is 10.9. The Morgan fingerprint density at radius 2 is 2.25 bits per heavy atom. The van der Waals surface area contributed by atoms with Crippen LogP contribution in [0.2, 0.25) is 0 Å². The average molecular weight is 284 g/mol. The van der Waals surface area contributed by atoms with Crippen molar-refractivity contribution in [3.8, 4) is 0 Å². The summed E-state index contributed by atoms with van der Waals surface area (Å²) in [4.78, 5) is 40.1. The molecule has 0 radical (unpaired) electrons. The number of aromatic amines is 1. The Morgan fingerprint density at radius 1 is 1.50 bits per heavy atom. The quantitative estimate of drug-likeness (QED) is 0.504. The van der Waals surface area contributed by atoms with E-state index in [2.05, 4.69) is 25.3 Å². The summed E-state index contributed by atoms with van der Waals surface area (Å²) in [7, 11) is 1.21. The number of carboxylic acids is 1. The number of imidazole rings is 1. The predicted molar refractivity (Wildman–Crippen MR) is 66.6 cm³/mol. The first kappa shape index (κ1) is 15.5. The van der Waals surface area contributed by atoms with Gasteiger partial charge in [-0.1, -0.05) is 0 Å². The number of carboxylic acid groups (broad SMARTS) is 1. The van der Waals surface area contributed by atoms with Crippen LogP contribution in [-0.4, -0.2) is 46.2 Å². The lowest BCUT2D eigenvalue weighted by atomic mass is 10.1. The minimum absolute atomic E-state index is 0.0455. The molecule has 0 saturated heterocycles. The van der Waals surface area contributed by atoms with Gasteiger partial charge in [0.25, 0.3) is 0 Å². The molecule has 9 nitrogen and oxygen atoms in total. The van der Waals surface area contributed by atoms with E-state index in [1.165, 1.54) is 13.3 Å². The standard InChI is InChI=1S/C11H16N4O5/c1-20-9(16)3-2-7(10(17)18)15-11(19)14-6-8-12-4-5-13-8/h4-5,7H,2-3,6H2,1H3,(H,12,13)(H,17,18)(H2,14,15,19)/t7-/m1/s1. The normalized spacial score (nSPS) is 11.4. The number of nitrogens with one attached hydrogen (secondary N) is 3. The second kappa shape index (κ2) is 7.77. The first-order valence-corrected chi connectivity index (χ1v) is 5.85. The molecule has 1 rings (SSSR count). The van der Waals surface area contributed by atoms with Crippen LogP contribution in [0.15, 0.2) is 12.4 Å². The molecule has 2 amide bonds. The van der Waals surface area contributed by atoms with Crippen LogP contribution in [0.5, 0.6) is 0 Å². The maximum atomic E-state index is 11.5. The number of H-pyrrole nitrogens is 1. The minimum atomic E-state index is -1.22. The minimum Gasteiger partial charge on any atom is -0.480 e. The highest BCUT2D eigenvalue weighted by Crippen LogP contribution is 1.99. The number of carbonyl (C=O) groups excluding carboxylic acids is 2. The van der Waals surface area contributed by atoms with Crippen molar-refractivity contribution in [3.63, 3.8) is 0 Å². The average Bonchev–Trinajstić information content (AvgIpc) is 2.93. The molecular weight excluding hydrogens is 268 g/mol. The molecule has 0 saturated carbocycles. The highest BCUT2D eigenvalue weighted by molar-refractivity contribution is 5.83. The monoisotopic (exact) mass is 284 g/mol. The number of hydrogen-bond donors (Lipinski definition) is 4. The van der Waals surface area contributed by atoms with Gasteiger partial charge in [-0.2, -0.15) is 0 Å². The van der Waals surface area contributed by atoms with Gasteiger partial charge in [-0.05, 0) is 6.42 Å². The van der Waals surface area contributed by atoms with Crippen LogP contribution in [0.25, 0.3) is 0 Å². The summed E-state index contributed by atoms with van der Waals surface area (Å²) < 4.78 is 4.41. The van der Waals surface area contributed by atoms with Crippen LogP contribution < -0.4 is 10.6 Å². The number of rotatable bonds is 7. The summed E-state index contributed by atoms with van der Waals surface area (Å²) in [5.74, 6) is -1.21. The van der Waals surface area contributed by atoms with Gasteiger partial charge in [0.05, 0.1) is 13.7 Å². The van der Waals surface area contributed by atoms with E-state index in [9.17, 15) is 14.4 Å². The zero-order valence-corrected chi connectivity index (χ0v) is 10.9. The Kier molecular flexibility index (Phi) is 6.01. The molecule has 0 bridgehead atoms. The fourth-order valence-corrected chi connectivity index (χ4v) is 1.39. The smallest absolute Gasteiger partial charge is 0.326 e. The Balaban J connectivity index is 2.38. The van der Waals surface area contributed by atoms with Gasteiger partial charge in [-0.25, -0.2) is 14.6 Å². The van der Waals surface area contributed by atoms with Crippen molar-refractivity contribution in [1.82, 2.24) is 20.6 Å². The predicted octanol–water partition coefficient (Wildman–Crippen LogP) is -0.385. The van der Waals surface area contributed by atoms with Gasteiger partial charge >= 0.3 is 18.0 Å². The first-order chi connectivity index (χ1) is 9.52. The second-order valence-corrected chi connectivity index (χ2v) is 3.87. The van der Waals surface area contributed by atoms with Crippen molar-refractivity contribution in [1.29, 1.82) is 0 Å². The highest BCUT2D eigenvalue weighted by atomic mass is 16.5.